The van der Waals surface area contributed by atoms with Gasteiger partial charge in [-0.15, -0.1) is 11.3 Å². The molecule has 3 heterocycles. The number of likely N-dealkylation sites (tertiary alicyclic amines) is 1. The van der Waals surface area contributed by atoms with Gasteiger partial charge in [0.15, 0.2) is 0 Å². The molecule has 0 saturated carbocycles. The molecule has 1 aromatic heterocycles. The zero-order chi connectivity index (χ0) is 15.7. The van der Waals surface area contributed by atoms with Crippen molar-refractivity contribution in [2.45, 2.75) is 31.8 Å². The number of carbonyl (C=O) groups is 2. The molecule has 22 heavy (non-hydrogen) atoms. The van der Waals surface area contributed by atoms with E-state index in [9.17, 15) is 9.59 Å². The molecular formula is C15H20N2O4S. The summed E-state index contributed by atoms with van der Waals surface area (Å²) in [5.74, 6) is 0.643. The number of thiophene rings is 1. The third-order valence-corrected chi connectivity index (χ3v) is 5.30. The number of carbonyl (C=O) groups excluding carboxylic acids is 2. The average Bonchev–Trinajstić information content (AvgIpc) is 2.97. The molecule has 0 bridgehead atoms. The van der Waals surface area contributed by atoms with Crippen LogP contribution < -0.4 is 10.1 Å². The molecular weight excluding hydrogens is 304 g/mol. The van der Waals surface area contributed by atoms with Gasteiger partial charge in [-0.3, -0.25) is 4.79 Å². The van der Waals surface area contributed by atoms with Crippen LogP contribution in [0.3, 0.4) is 0 Å². The highest BCUT2D eigenvalue weighted by Gasteiger charge is 2.42. The molecule has 0 aliphatic carbocycles. The van der Waals surface area contributed by atoms with Gasteiger partial charge < -0.3 is 19.7 Å². The molecule has 3 rings (SSSR count). The summed E-state index contributed by atoms with van der Waals surface area (Å²) in [6.07, 6.45) is 1.93. The molecule has 1 atom stereocenters. The summed E-state index contributed by atoms with van der Waals surface area (Å²) in [6, 6.07) is 1.89. The first kappa shape index (κ1) is 15.1. The Kier molecular flexibility index (Phi) is 3.99. The Bertz CT molecular complexity index is 600. The third-order valence-electron chi connectivity index (χ3n) is 4.28. The minimum Gasteiger partial charge on any atom is -0.495 e. The number of alkyl carbamates (subject to hydrolysis) is 1. The zero-order valence-electron chi connectivity index (χ0n) is 12.8. The van der Waals surface area contributed by atoms with Gasteiger partial charge in [0.05, 0.1) is 13.7 Å². The van der Waals surface area contributed by atoms with Crippen LogP contribution in [0, 0.1) is 6.92 Å². The van der Waals surface area contributed by atoms with Crippen LogP contribution in [0.15, 0.2) is 6.07 Å². The molecule has 1 unspecified atom stereocenters. The van der Waals surface area contributed by atoms with Gasteiger partial charge in [-0.25, -0.2) is 4.79 Å². The Morgan fingerprint density at radius 2 is 2.27 bits per heavy atom. The SMILES string of the molecule is COc1cc(C)sc1C(=O)N1CCCC2(CC1)CNC(=O)O2. The molecule has 0 aromatic carbocycles. The summed E-state index contributed by atoms with van der Waals surface area (Å²) in [4.78, 5) is 27.6. The van der Waals surface area contributed by atoms with Crippen molar-refractivity contribution in [3.05, 3.63) is 15.8 Å². The fraction of sp³-hybridized carbons (Fsp3) is 0.600. The lowest BCUT2D eigenvalue weighted by Crippen LogP contribution is -2.36. The Morgan fingerprint density at radius 1 is 1.45 bits per heavy atom. The fourth-order valence-electron chi connectivity index (χ4n) is 3.09. The highest BCUT2D eigenvalue weighted by Crippen LogP contribution is 2.33. The summed E-state index contributed by atoms with van der Waals surface area (Å²) in [6.45, 7) is 3.77. The second kappa shape index (κ2) is 5.79. The van der Waals surface area contributed by atoms with Crippen molar-refractivity contribution in [2.75, 3.05) is 26.7 Å². The van der Waals surface area contributed by atoms with Crippen LogP contribution in [0.1, 0.15) is 33.8 Å². The first-order valence-corrected chi connectivity index (χ1v) is 8.25. The molecule has 120 valence electrons. The van der Waals surface area contributed by atoms with Crippen LogP contribution in [0.2, 0.25) is 0 Å². The second-order valence-electron chi connectivity index (χ2n) is 5.83. The van der Waals surface area contributed by atoms with Crippen LogP contribution in [-0.4, -0.2) is 49.2 Å². The number of hydrogen-bond donors (Lipinski definition) is 1. The lowest BCUT2D eigenvalue weighted by atomic mass is 9.95. The number of nitrogens with one attached hydrogen (secondary N) is 1. The lowest BCUT2D eigenvalue weighted by Gasteiger charge is -2.24. The number of methoxy groups -OCH3 is 1. The molecule has 0 radical (unpaired) electrons. The molecule has 2 aliphatic heterocycles. The van der Waals surface area contributed by atoms with E-state index in [4.69, 9.17) is 9.47 Å². The van der Waals surface area contributed by atoms with E-state index in [1.54, 1.807) is 7.11 Å². The number of nitrogens with zero attached hydrogens (tertiary/aromatic N) is 1. The van der Waals surface area contributed by atoms with Gasteiger partial charge in [0.2, 0.25) is 0 Å². The second-order valence-corrected chi connectivity index (χ2v) is 7.08. The maximum Gasteiger partial charge on any atom is 0.407 e. The van der Waals surface area contributed by atoms with Crippen molar-refractivity contribution >= 4 is 23.3 Å². The fourth-order valence-corrected chi connectivity index (χ4v) is 4.03. The predicted molar refractivity (Wildman–Crippen MR) is 82.6 cm³/mol. The molecule has 2 amide bonds. The van der Waals surface area contributed by atoms with Crippen molar-refractivity contribution < 1.29 is 19.1 Å². The van der Waals surface area contributed by atoms with Crippen molar-refractivity contribution in [3.8, 4) is 5.75 Å². The van der Waals surface area contributed by atoms with Gasteiger partial charge in [-0.05, 0) is 25.8 Å². The van der Waals surface area contributed by atoms with E-state index in [1.807, 2.05) is 17.9 Å². The summed E-state index contributed by atoms with van der Waals surface area (Å²) in [5, 5.41) is 2.72. The van der Waals surface area contributed by atoms with E-state index in [-0.39, 0.29) is 12.0 Å². The van der Waals surface area contributed by atoms with Gasteiger partial charge in [0.25, 0.3) is 5.91 Å². The van der Waals surface area contributed by atoms with E-state index in [0.717, 1.165) is 17.7 Å². The van der Waals surface area contributed by atoms with Gasteiger partial charge in [0.1, 0.15) is 16.2 Å². The van der Waals surface area contributed by atoms with Crippen molar-refractivity contribution in [1.29, 1.82) is 0 Å². The monoisotopic (exact) mass is 324 g/mol. The van der Waals surface area contributed by atoms with Gasteiger partial charge in [-0.2, -0.15) is 0 Å². The molecule has 7 heteroatoms. The number of ether oxygens (including phenoxy) is 2. The maximum atomic E-state index is 12.7. The van der Waals surface area contributed by atoms with E-state index in [1.165, 1.54) is 11.3 Å². The Hall–Kier alpha value is -1.76. The number of hydrogen-bond acceptors (Lipinski definition) is 5. The Labute approximate surface area is 133 Å². The Morgan fingerprint density at radius 3 is 2.95 bits per heavy atom. The predicted octanol–water partition coefficient (Wildman–Crippen LogP) is 2.17. The number of aryl methyl sites for hydroxylation is 1. The van der Waals surface area contributed by atoms with Crippen molar-refractivity contribution in [3.63, 3.8) is 0 Å². The van der Waals surface area contributed by atoms with Gasteiger partial charge in [-0.1, -0.05) is 0 Å². The topological polar surface area (TPSA) is 67.9 Å². The van der Waals surface area contributed by atoms with E-state index in [0.29, 0.717) is 36.7 Å². The molecule has 1 N–H and O–H groups in total. The summed E-state index contributed by atoms with van der Waals surface area (Å²) in [7, 11) is 1.58. The average molecular weight is 324 g/mol. The smallest absolute Gasteiger partial charge is 0.407 e. The minimum atomic E-state index is -0.443. The third kappa shape index (κ3) is 2.77. The normalized spacial score (nSPS) is 24.8. The summed E-state index contributed by atoms with van der Waals surface area (Å²) in [5.41, 5.74) is -0.443. The Balaban J connectivity index is 1.73. The largest absolute Gasteiger partial charge is 0.495 e. The molecule has 2 saturated heterocycles. The van der Waals surface area contributed by atoms with E-state index < -0.39 is 5.60 Å². The van der Waals surface area contributed by atoms with E-state index >= 15 is 0 Å². The number of amides is 2. The maximum absolute atomic E-state index is 12.7. The highest BCUT2D eigenvalue weighted by atomic mass is 32.1. The quantitative estimate of drug-likeness (QED) is 0.905. The summed E-state index contributed by atoms with van der Waals surface area (Å²) >= 11 is 1.46. The molecule has 1 aromatic rings. The van der Waals surface area contributed by atoms with Crippen molar-refractivity contribution in [2.24, 2.45) is 0 Å². The molecule has 2 fully saturated rings. The minimum absolute atomic E-state index is 0.00397. The highest BCUT2D eigenvalue weighted by molar-refractivity contribution is 7.14. The van der Waals surface area contributed by atoms with Crippen LogP contribution in [0.4, 0.5) is 4.79 Å². The summed E-state index contributed by atoms with van der Waals surface area (Å²) < 4.78 is 10.7. The van der Waals surface area contributed by atoms with E-state index in [2.05, 4.69) is 5.32 Å². The molecule has 1 spiro atoms. The first-order valence-electron chi connectivity index (χ1n) is 7.43. The van der Waals surface area contributed by atoms with Crippen LogP contribution in [0.5, 0.6) is 5.75 Å². The standard InChI is InChI=1S/C15H20N2O4S/c1-10-8-11(20-2)12(22-10)13(18)17-6-3-4-15(5-7-17)9-16-14(19)21-15/h8H,3-7,9H2,1-2H3,(H,16,19). The van der Waals surface area contributed by atoms with Crippen LogP contribution in [-0.2, 0) is 4.74 Å². The molecule has 6 nitrogen and oxygen atoms in total. The van der Waals surface area contributed by atoms with Crippen molar-refractivity contribution in [1.82, 2.24) is 10.2 Å². The lowest BCUT2D eigenvalue weighted by molar-refractivity contribution is 0.0439. The molecule has 2 aliphatic rings. The van der Waals surface area contributed by atoms with Gasteiger partial charge in [0, 0.05) is 24.4 Å². The first-order chi connectivity index (χ1) is 10.5. The number of rotatable bonds is 2. The van der Waals surface area contributed by atoms with Crippen LogP contribution in [0.25, 0.3) is 0 Å². The van der Waals surface area contributed by atoms with Crippen LogP contribution >= 0.6 is 11.3 Å². The van der Waals surface area contributed by atoms with Gasteiger partial charge >= 0.3 is 6.09 Å². The zero-order valence-corrected chi connectivity index (χ0v) is 13.6.